The summed E-state index contributed by atoms with van der Waals surface area (Å²) >= 11 is 6.09. The Morgan fingerprint density at radius 2 is 1.92 bits per heavy atom. The molecule has 0 radical (unpaired) electrons. The molecule has 0 atom stereocenters. The molecule has 0 spiro atoms. The van der Waals surface area contributed by atoms with Gasteiger partial charge in [0.05, 0.1) is 24.2 Å². The van der Waals surface area contributed by atoms with E-state index in [2.05, 4.69) is 15.6 Å². The summed E-state index contributed by atoms with van der Waals surface area (Å²) in [5, 5.41) is 11.6. The van der Waals surface area contributed by atoms with E-state index in [1.165, 1.54) is 0 Å². The number of methoxy groups -OCH3 is 1. The van der Waals surface area contributed by atoms with Gasteiger partial charge in [0, 0.05) is 5.02 Å². The van der Waals surface area contributed by atoms with Crippen LogP contribution in [0.5, 0.6) is 5.75 Å². The Balaban J connectivity index is 1.94. The Morgan fingerprint density at radius 3 is 2.65 bits per heavy atom. The SMILES string of the molecule is COc1ccc(C)cc1NC(=O)c1nnn(-c2cc(Cl)ccc2C)c1C. The third-order valence-corrected chi connectivity index (χ3v) is 4.35. The Morgan fingerprint density at radius 1 is 1.15 bits per heavy atom. The van der Waals surface area contributed by atoms with Crippen LogP contribution >= 0.6 is 11.6 Å². The number of rotatable bonds is 4. The summed E-state index contributed by atoms with van der Waals surface area (Å²) in [6, 6.07) is 11.1. The van der Waals surface area contributed by atoms with Gasteiger partial charge in [-0.15, -0.1) is 5.10 Å². The van der Waals surface area contributed by atoms with Gasteiger partial charge in [-0.25, -0.2) is 4.68 Å². The maximum Gasteiger partial charge on any atom is 0.278 e. The van der Waals surface area contributed by atoms with E-state index in [0.717, 1.165) is 16.8 Å². The van der Waals surface area contributed by atoms with Crippen molar-refractivity contribution in [3.63, 3.8) is 0 Å². The van der Waals surface area contributed by atoms with E-state index >= 15 is 0 Å². The van der Waals surface area contributed by atoms with Crippen LogP contribution < -0.4 is 10.1 Å². The molecule has 6 nitrogen and oxygen atoms in total. The summed E-state index contributed by atoms with van der Waals surface area (Å²) < 4.78 is 6.91. The zero-order chi connectivity index (χ0) is 18.8. The number of carbonyl (C=O) groups excluding carboxylic acids is 1. The number of nitrogens with zero attached hydrogens (tertiary/aromatic N) is 3. The minimum atomic E-state index is -0.350. The highest BCUT2D eigenvalue weighted by Crippen LogP contribution is 2.26. The van der Waals surface area contributed by atoms with Gasteiger partial charge in [0.15, 0.2) is 5.69 Å². The molecule has 0 unspecified atom stereocenters. The number of hydrogen-bond acceptors (Lipinski definition) is 4. The lowest BCUT2D eigenvalue weighted by molar-refractivity contribution is 0.102. The highest BCUT2D eigenvalue weighted by Gasteiger charge is 2.19. The molecule has 2 aromatic carbocycles. The lowest BCUT2D eigenvalue weighted by Gasteiger charge is -2.11. The predicted octanol–water partition coefficient (Wildman–Crippen LogP) is 4.11. The fourth-order valence-electron chi connectivity index (χ4n) is 2.68. The third kappa shape index (κ3) is 3.41. The molecule has 134 valence electrons. The monoisotopic (exact) mass is 370 g/mol. The number of nitrogens with one attached hydrogen (secondary N) is 1. The molecular formula is C19H19ClN4O2. The average Bonchev–Trinajstić information content (AvgIpc) is 2.99. The Labute approximate surface area is 156 Å². The van der Waals surface area contributed by atoms with E-state index in [0.29, 0.717) is 22.2 Å². The number of amides is 1. The van der Waals surface area contributed by atoms with E-state index in [4.69, 9.17) is 16.3 Å². The predicted molar refractivity (Wildman–Crippen MR) is 102 cm³/mol. The Hall–Kier alpha value is -2.86. The lowest BCUT2D eigenvalue weighted by Crippen LogP contribution is -2.15. The highest BCUT2D eigenvalue weighted by atomic mass is 35.5. The van der Waals surface area contributed by atoms with E-state index < -0.39 is 0 Å². The second kappa shape index (κ2) is 7.17. The fraction of sp³-hybridized carbons (Fsp3) is 0.211. The number of aromatic nitrogens is 3. The average molecular weight is 371 g/mol. The van der Waals surface area contributed by atoms with Crippen LogP contribution in [-0.2, 0) is 0 Å². The van der Waals surface area contributed by atoms with Crippen molar-refractivity contribution >= 4 is 23.2 Å². The summed E-state index contributed by atoms with van der Waals surface area (Å²) in [7, 11) is 1.56. The second-order valence-corrected chi connectivity index (χ2v) is 6.46. The van der Waals surface area contributed by atoms with Gasteiger partial charge in [-0.05, 0) is 56.2 Å². The first-order valence-electron chi connectivity index (χ1n) is 8.05. The van der Waals surface area contributed by atoms with Gasteiger partial charge in [-0.3, -0.25) is 4.79 Å². The number of aryl methyl sites for hydroxylation is 2. The van der Waals surface area contributed by atoms with Crippen molar-refractivity contribution < 1.29 is 9.53 Å². The second-order valence-electron chi connectivity index (χ2n) is 6.02. The number of hydrogen-bond donors (Lipinski definition) is 1. The van der Waals surface area contributed by atoms with Gasteiger partial charge < -0.3 is 10.1 Å². The summed E-state index contributed by atoms with van der Waals surface area (Å²) in [6.07, 6.45) is 0. The summed E-state index contributed by atoms with van der Waals surface area (Å²) in [5.41, 5.74) is 4.23. The van der Waals surface area contributed by atoms with Gasteiger partial charge in [-0.2, -0.15) is 0 Å². The van der Waals surface area contributed by atoms with Crippen LogP contribution in [0.25, 0.3) is 5.69 Å². The Kier molecular flexibility index (Phi) is 4.95. The molecule has 0 fully saturated rings. The molecule has 26 heavy (non-hydrogen) atoms. The molecule has 0 saturated heterocycles. The quantitative estimate of drug-likeness (QED) is 0.750. The van der Waals surface area contributed by atoms with Gasteiger partial charge in [0.2, 0.25) is 0 Å². The number of anilines is 1. The van der Waals surface area contributed by atoms with Crippen LogP contribution in [0.4, 0.5) is 5.69 Å². The molecule has 3 aromatic rings. The zero-order valence-electron chi connectivity index (χ0n) is 15.0. The molecule has 0 aliphatic heterocycles. The van der Waals surface area contributed by atoms with E-state index in [1.807, 2.05) is 44.2 Å². The molecule has 0 aliphatic rings. The Bertz CT molecular complexity index is 982. The topological polar surface area (TPSA) is 69.0 Å². The minimum Gasteiger partial charge on any atom is -0.495 e. The first kappa shape index (κ1) is 17.9. The molecule has 1 amide bonds. The van der Waals surface area contributed by atoms with E-state index in [9.17, 15) is 4.79 Å². The molecule has 7 heteroatoms. The molecule has 1 heterocycles. The number of halogens is 1. The van der Waals surface area contributed by atoms with Crippen LogP contribution in [0.15, 0.2) is 36.4 Å². The first-order chi connectivity index (χ1) is 12.4. The van der Waals surface area contributed by atoms with Gasteiger partial charge in [-0.1, -0.05) is 28.9 Å². The van der Waals surface area contributed by atoms with Crippen molar-refractivity contribution in [3.8, 4) is 11.4 Å². The minimum absolute atomic E-state index is 0.243. The molecule has 0 saturated carbocycles. The smallest absolute Gasteiger partial charge is 0.278 e. The first-order valence-corrected chi connectivity index (χ1v) is 8.43. The lowest BCUT2D eigenvalue weighted by atomic mass is 10.2. The molecule has 0 aliphatic carbocycles. The van der Waals surface area contributed by atoms with Crippen LogP contribution in [0.3, 0.4) is 0 Å². The molecule has 1 aromatic heterocycles. The van der Waals surface area contributed by atoms with Crippen LogP contribution in [-0.4, -0.2) is 28.0 Å². The van der Waals surface area contributed by atoms with Crippen LogP contribution in [0.1, 0.15) is 27.3 Å². The number of ether oxygens (including phenoxy) is 1. The largest absolute Gasteiger partial charge is 0.495 e. The van der Waals surface area contributed by atoms with Gasteiger partial charge >= 0.3 is 0 Å². The molecule has 3 rings (SSSR count). The van der Waals surface area contributed by atoms with Crippen LogP contribution in [0, 0.1) is 20.8 Å². The van der Waals surface area contributed by atoms with Crippen molar-refractivity contribution in [3.05, 3.63) is 63.9 Å². The van der Waals surface area contributed by atoms with Crippen molar-refractivity contribution in [2.45, 2.75) is 20.8 Å². The van der Waals surface area contributed by atoms with Crippen molar-refractivity contribution in [1.82, 2.24) is 15.0 Å². The zero-order valence-corrected chi connectivity index (χ0v) is 15.8. The maximum absolute atomic E-state index is 12.7. The standard InChI is InChI=1S/C19H19ClN4O2/c1-11-5-8-17(26-4)15(9-11)21-19(25)18-13(3)24(23-22-18)16-10-14(20)7-6-12(16)2/h5-10H,1-4H3,(H,21,25). The van der Waals surface area contributed by atoms with Crippen molar-refractivity contribution in [1.29, 1.82) is 0 Å². The maximum atomic E-state index is 12.7. The van der Waals surface area contributed by atoms with Gasteiger partial charge in [0.25, 0.3) is 5.91 Å². The van der Waals surface area contributed by atoms with Gasteiger partial charge in [0.1, 0.15) is 5.75 Å². The number of carbonyl (C=O) groups is 1. The van der Waals surface area contributed by atoms with Crippen molar-refractivity contribution in [2.24, 2.45) is 0 Å². The molecule has 1 N–H and O–H groups in total. The number of benzene rings is 2. The van der Waals surface area contributed by atoms with E-state index in [-0.39, 0.29) is 11.6 Å². The molecular weight excluding hydrogens is 352 g/mol. The van der Waals surface area contributed by atoms with Crippen LogP contribution in [0.2, 0.25) is 5.02 Å². The fourth-order valence-corrected chi connectivity index (χ4v) is 2.85. The van der Waals surface area contributed by atoms with E-state index in [1.54, 1.807) is 24.8 Å². The third-order valence-electron chi connectivity index (χ3n) is 4.11. The summed E-state index contributed by atoms with van der Waals surface area (Å²) in [6.45, 7) is 5.69. The molecule has 0 bridgehead atoms. The summed E-state index contributed by atoms with van der Waals surface area (Å²) in [5.74, 6) is 0.233. The van der Waals surface area contributed by atoms with Crippen molar-refractivity contribution in [2.75, 3.05) is 12.4 Å². The summed E-state index contributed by atoms with van der Waals surface area (Å²) in [4.78, 5) is 12.7. The normalized spacial score (nSPS) is 10.7. The highest BCUT2D eigenvalue weighted by molar-refractivity contribution is 6.30.